The average Bonchev–Trinajstić information content (AvgIpc) is 2.34. The third-order valence-electron chi connectivity index (χ3n) is 3.51. The van der Waals surface area contributed by atoms with Crippen molar-refractivity contribution in [3.63, 3.8) is 0 Å². The van der Waals surface area contributed by atoms with Crippen LogP contribution in [0.4, 0.5) is 0 Å². The second-order valence-corrected chi connectivity index (χ2v) is 5.29. The molecule has 0 saturated carbocycles. The molecule has 1 aromatic rings. The highest BCUT2D eigenvalue weighted by Crippen LogP contribution is 2.32. The molecule has 0 aliphatic carbocycles. The van der Waals surface area contributed by atoms with Crippen molar-refractivity contribution in [1.82, 2.24) is 0 Å². The van der Waals surface area contributed by atoms with Crippen LogP contribution in [-0.2, 0) is 4.74 Å². The molecule has 2 nitrogen and oxygen atoms in total. The lowest BCUT2D eigenvalue weighted by atomic mass is 9.88. The first-order valence-corrected chi connectivity index (χ1v) is 6.50. The number of hydrogen-bond donors (Lipinski definition) is 1. The highest BCUT2D eigenvalue weighted by molar-refractivity contribution is 6.31. The zero-order valence-corrected chi connectivity index (χ0v) is 11.1. The van der Waals surface area contributed by atoms with Crippen LogP contribution < -0.4 is 0 Å². The number of hydrogen-bond acceptors (Lipinski definition) is 2. The van der Waals surface area contributed by atoms with Gasteiger partial charge >= 0.3 is 0 Å². The van der Waals surface area contributed by atoms with Gasteiger partial charge in [0.25, 0.3) is 0 Å². The van der Waals surface area contributed by atoms with Gasteiger partial charge in [0.15, 0.2) is 0 Å². The lowest BCUT2D eigenvalue weighted by molar-refractivity contribution is -0.0102. The highest BCUT2D eigenvalue weighted by Gasteiger charge is 2.25. The molecule has 17 heavy (non-hydrogen) atoms. The van der Waals surface area contributed by atoms with Gasteiger partial charge in [0, 0.05) is 17.5 Å². The summed E-state index contributed by atoms with van der Waals surface area (Å²) in [5, 5.41) is 11.2. The first-order chi connectivity index (χ1) is 8.09. The predicted molar refractivity (Wildman–Crippen MR) is 69.4 cm³/mol. The van der Waals surface area contributed by atoms with Crippen LogP contribution in [-0.4, -0.2) is 18.3 Å². The van der Waals surface area contributed by atoms with E-state index in [1.54, 1.807) is 0 Å². The van der Waals surface area contributed by atoms with E-state index < -0.39 is 6.10 Å². The van der Waals surface area contributed by atoms with Crippen molar-refractivity contribution in [2.45, 2.75) is 32.8 Å². The molecule has 1 saturated heterocycles. The van der Waals surface area contributed by atoms with Crippen molar-refractivity contribution >= 4 is 11.6 Å². The molecule has 1 fully saturated rings. The maximum atomic E-state index is 10.4. The number of aryl methyl sites for hydroxylation is 2. The Labute approximate surface area is 108 Å². The normalized spacial score (nSPS) is 22.5. The molecule has 0 bridgehead atoms. The van der Waals surface area contributed by atoms with Crippen molar-refractivity contribution in [2.24, 2.45) is 5.92 Å². The zero-order chi connectivity index (χ0) is 12.4. The van der Waals surface area contributed by atoms with E-state index in [1.807, 2.05) is 26.0 Å². The third-order valence-corrected chi connectivity index (χ3v) is 3.92. The molecule has 0 amide bonds. The quantitative estimate of drug-likeness (QED) is 0.876. The van der Waals surface area contributed by atoms with Gasteiger partial charge in [-0.2, -0.15) is 0 Å². The van der Waals surface area contributed by atoms with E-state index in [2.05, 4.69) is 0 Å². The molecule has 0 spiro atoms. The Morgan fingerprint density at radius 3 is 2.76 bits per heavy atom. The van der Waals surface area contributed by atoms with E-state index in [1.165, 1.54) is 0 Å². The molecule has 1 N–H and O–H groups in total. The number of aliphatic hydroxyl groups excluding tert-OH is 1. The van der Waals surface area contributed by atoms with E-state index in [0.717, 1.165) is 41.2 Å². The summed E-state index contributed by atoms with van der Waals surface area (Å²) in [6.45, 7) is 5.44. The number of rotatable bonds is 2. The lowest BCUT2D eigenvalue weighted by Gasteiger charge is -2.28. The summed E-state index contributed by atoms with van der Waals surface area (Å²) in [6, 6.07) is 3.93. The minimum absolute atomic E-state index is 0.211. The SMILES string of the molecule is Cc1cc(C(O)C2CCCOC2)c(C)cc1Cl. The molecule has 1 aliphatic heterocycles. The van der Waals surface area contributed by atoms with Crippen LogP contribution >= 0.6 is 11.6 Å². The Bertz CT molecular complexity index is 397. The van der Waals surface area contributed by atoms with Crippen molar-refractivity contribution in [3.05, 3.63) is 33.8 Å². The number of aliphatic hydroxyl groups is 1. The van der Waals surface area contributed by atoms with Gasteiger partial charge in [0.2, 0.25) is 0 Å². The topological polar surface area (TPSA) is 29.5 Å². The molecule has 0 radical (unpaired) electrons. The standard InChI is InChI=1S/C14H19ClO2/c1-9-7-13(15)10(2)6-12(9)14(16)11-4-3-5-17-8-11/h6-7,11,14,16H,3-5,8H2,1-2H3. The Morgan fingerprint density at radius 1 is 1.35 bits per heavy atom. The Hall–Kier alpha value is -0.570. The highest BCUT2D eigenvalue weighted by atomic mass is 35.5. The van der Waals surface area contributed by atoms with Crippen LogP contribution in [0.2, 0.25) is 5.02 Å². The Morgan fingerprint density at radius 2 is 2.12 bits per heavy atom. The van der Waals surface area contributed by atoms with E-state index in [9.17, 15) is 5.11 Å². The summed E-state index contributed by atoms with van der Waals surface area (Å²) in [5.74, 6) is 0.211. The number of ether oxygens (including phenoxy) is 1. The molecule has 2 rings (SSSR count). The van der Waals surface area contributed by atoms with Gasteiger partial charge in [-0.15, -0.1) is 0 Å². The fraction of sp³-hybridized carbons (Fsp3) is 0.571. The number of halogens is 1. The zero-order valence-electron chi connectivity index (χ0n) is 10.4. The van der Waals surface area contributed by atoms with Gasteiger partial charge in [-0.3, -0.25) is 0 Å². The van der Waals surface area contributed by atoms with Gasteiger partial charge < -0.3 is 9.84 Å². The summed E-state index contributed by atoms with van der Waals surface area (Å²) in [6.07, 6.45) is 1.63. The van der Waals surface area contributed by atoms with Gasteiger partial charge in [0.05, 0.1) is 12.7 Å². The number of benzene rings is 1. The molecule has 3 heteroatoms. The minimum Gasteiger partial charge on any atom is -0.388 e. The summed E-state index contributed by atoms with van der Waals surface area (Å²) >= 11 is 6.07. The third kappa shape index (κ3) is 2.82. The molecule has 94 valence electrons. The molecule has 1 aromatic carbocycles. The molecular formula is C14H19ClO2. The maximum Gasteiger partial charge on any atom is 0.0842 e. The molecular weight excluding hydrogens is 236 g/mol. The Balaban J connectivity index is 2.23. The van der Waals surface area contributed by atoms with Gasteiger partial charge in [-0.25, -0.2) is 0 Å². The van der Waals surface area contributed by atoms with E-state index >= 15 is 0 Å². The second-order valence-electron chi connectivity index (χ2n) is 4.88. The maximum absolute atomic E-state index is 10.4. The first-order valence-electron chi connectivity index (χ1n) is 6.12. The summed E-state index contributed by atoms with van der Waals surface area (Å²) in [5.41, 5.74) is 3.06. The van der Waals surface area contributed by atoms with Crippen LogP contribution in [0, 0.1) is 19.8 Å². The fourth-order valence-electron chi connectivity index (χ4n) is 2.39. The van der Waals surface area contributed by atoms with Crippen LogP contribution in [0.15, 0.2) is 12.1 Å². The van der Waals surface area contributed by atoms with Crippen LogP contribution in [0.5, 0.6) is 0 Å². The molecule has 1 aliphatic rings. The largest absolute Gasteiger partial charge is 0.388 e. The van der Waals surface area contributed by atoms with Crippen LogP contribution in [0.25, 0.3) is 0 Å². The van der Waals surface area contributed by atoms with Crippen molar-refractivity contribution in [3.8, 4) is 0 Å². The molecule has 2 atom stereocenters. The van der Waals surface area contributed by atoms with E-state index in [-0.39, 0.29) is 5.92 Å². The molecule has 0 aromatic heterocycles. The van der Waals surface area contributed by atoms with Crippen LogP contribution in [0.3, 0.4) is 0 Å². The van der Waals surface area contributed by atoms with Crippen LogP contribution in [0.1, 0.15) is 35.6 Å². The first kappa shape index (κ1) is 12.9. The second kappa shape index (κ2) is 5.38. The monoisotopic (exact) mass is 254 g/mol. The summed E-state index contributed by atoms with van der Waals surface area (Å²) in [4.78, 5) is 0. The fourth-order valence-corrected chi connectivity index (χ4v) is 2.61. The van der Waals surface area contributed by atoms with Crippen molar-refractivity contribution < 1.29 is 9.84 Å². The summed E-state index contributed by atoms with van der Waals surface area (Å²) in [7, 11) is 0. The van der Waals surface area contributed by atoms with E-state index in [4.69, 9.17) is 16.3 Å². The minimum atomic E-state index is -0.439. The van der Waals surface area contributed by atoms with Crippen molar-refractivity contribution in [2.75, 3.05) is 13.2 Å². The van der Waals surface area contributed by atoms with Gasteiger partial charge in [0.1, 0.15) is 0 Å². The predicted octanol–water partition coefficient (Wildman–Crippen LogP) is 3.42. The van der Waals surface area contributed by atoms with Gasteiger partial charge in [-0.1, -0.05) is 17.7 Å². The average molecular weight is 255 g/mol. The smallest absolute Gasteiger partial charge is 0.0842 e. The Kier molecular flexibility index (Phi) is 4.08. The van der Waals surface area contributed by atoms with Gasteiger partial charge in [-0.05, 0) is 49.4 Å². The summed E-state index contributed by atoms with van der Waals surface area (Å²) < 4.78 is 5.43. The van der Waals surface area contributed by atoms with E-state index in [0.29, 0.717) is 6.61 Å². The lowest BCUT2D eigenvalue weighted by Crippen LogP contribution is -2.24. The van der Waals surface area contributed by atoms with Crippen molar-refractivity contribution in [1.29, 1.82) is 0 Å². The molecule has 1 heterocycles. The molecule has 2 unspecified atom stereocenters.